The van der Waals surface area contributed by atoms with Gasteiger partial charge in [0.15, 0.2) is 0 Å². The minimum absolute atomic E-state index is 0.0399. The number of nitrogens with zero attached hydrogens (tertiary/aromatic N) is 1. The average molecular weight is 332 g/mol. The smallest absolute Gasteiger partial charge is 0.337 e. The summed E-state index contributed by atoms with van der Waals surface area (Å²) in [5, 5.41) is 8.88. The Labute approximate surface area is 129 Å². The van der Waals surface area contributed by atoms with Crippen molar-refractivity contribution in [1.82, 2.24) is 4.31 Å². The molecule has 0 radical (unpaired) electrons. The fourth-order valence-corrected chi connectivity index (χ4v) is 5.06. The number of piperidine rings is 1. The van der Waals surface area contributed by atoms with Crippen LogP contribution >= 0.6 is 11.6 Å². The van der Waals surface area contributed by atoms with Crippen molar-refractivity contribution < 1.29 is 18.3 Å². The fraction of sp³-hybridized carbons (Fsp3) is 0.500. The molecule has 1 N–H and O–H groups in total. The number of aromatic carboxylic acids is 1. The number of carboxylic acids is 1. The van der Waals surface area contributed by atoms with Crippen LogP contribution in [0.1, 0.15) is 43.5 Å². The zero-order chi connectivity index (χ0) is 15.8. The zero-order valence-electron chi connectivity index (χ0n) is 11.9. The van der Waals surface area contributed by atoms with Crippen molar-refractivity contribution in [3.8, 4) is 0 Å². The van der Waals surface area contributed by atoms with Crippen LogP contribution in [0.15, 0.2) is 23.1 Å². The van der Waals surface area contributed by atoms with Gasteiger partial charge in [0.1, 0.15) is 0 Å². The van der Waals surface area contributed by atoms with E-state index in [1.807, 2.05) is 13.8 Å². The molecule has 2 unspecified atom stereocenters. The van der Waals surface area contributed by atoms with Crippen LogP contribution in [0.25, 0.3) is 0 Å². The van der Waals surface area contributed by atoms with Crippen LogP contribution in [0.5, 0.6) is 0 Å². The van der Waals surface area contributed by atoms with Gasteiger partial charge in [-0.3, -0.25) is 0 Å². The quantitative estimate of drug-likeness (QED) is 0.924. The lowest BCUT2D eigenvalue weighted by Crippen LogP contribution is -2.47. The van der Waals surface area contributed by atoms with Crippen molar-refractivity contribution in [3.05, 3.63) is 28.8 Å². The molecule has 0 aliphatic carbocycles. The molecule has 0 aromatic heterocycles. The highest BCUT2D eigenvalue weighted by atomic mass is 35.5. The van der Waals surface area contributed by atoms with Crippen molar-refractivity contribution in [1.29, 1.82) is 0 Å². The van der Waals surface area contributed by atoms with Gasteiger partial charge in [-0.2, -0.15) is 4.31 Å². The minimum Gasteiger partial charge on any atom is -0.478 e. The number of halogens is 1. The summed E-state index contributed by atoms with van der Waals surface area (Å²) in [5.74, 6) is -1.18. The third-order valence-corrected chi connectivity index (χ3v) is 6.30. The van der Waals surface area contributed by atoms with Crippen molar-refractivity contribution in [3.63, 3.8) is 0 Å². The predicted octanol–water partition coefficient (Wildman–Crippen LogP) is 2.99. The molecule has 2 atom stereocenters. The van der Waals surface area contributed by atoms with Gasteiger partial charge in [-0.25, -0.2) is 13.2 Å². The van der Waals surface area contributed by atoms with Gasteiger partial charge >= 0.3 is 5.97 Å². The predicted molar refractivity (Wildman–Crippen MR) is 80.2 cm³/mol. The summed E-state index contributed by atoms with van der Waals surface area (Å²) in [6.45, 7) is 3.78. The number of rotatable bonds is 3. The first-order valence-corrected chi connectivity index (χ1v) is 8.63. The van der Waals surface area contributed by atoms with E-state index in [4.69, 9.17) is 16.7 Å². The first kappa shape index (κ1) is 16.3. The third kappa shape index (κ3) is 3.07. The van der Waals surface area contributed by atoms with Gasteiger partial charge in [-0.05, 0) is 44.9 Å². The lowest BCUT2D eigenvalue weighted by atomic mass is 10.0. The molecule has 5 nitrogen and oxygen atoms in total. The molecule has 21 heavy (non-hydrogen) atoms. The maximum absolute atomic E-state index is 12.8. The second kappa shape index (κ2) is 5.94. The molecule has 1 saturated heterocycles. The van der Waals surface area contributed by atoms with E-state index in [1.165, 1.54) is 22.5 Å². The van der Waals surface area contributed by atoms with Gasteiger partial charge in [-0.1, -0.05) is 18.0 Å². The molecular formula is C14H18ClNO4S. The Balaban J connectivity index is 2.44. The molecule has 0 bridgehead atoms. The molecule has 1 aliphatic rings. The van der Waals surface area contributed by atoms with E-state index >= 15 is 0 Å². The maximum atomic E-state index is 12.8. The standard InChI is InChI=1S/C14H18ClNO4S/c1-9-4-3-5-10(2)16(9)21(19,20)11-6-7-12(14(17)18)13(15)8-11/h6-10H,3-5H2,1-2H3,(H,17,18). The van der Waals surface area contributed by atoms with Crippen LogP contribution in [-0.4, -0.2) is 35.9 Å². The zero-order valence-corrected chi connectivity index (χ0v) is 13.5. The highest BCUT2D eigenvalue weighted by Gasteiger charge is 2.35. The number of sulfonamides is 1. The summed E-state index contributed by atoms with van der Waals surface area (Å²) in [6.07, 6.45) is 2.65. The van der Waals surface area contributed by atoms with Crippen molar-refractivity contribution >= 4 is 27.6 Å². The summed E-state index contributed by atoms with van der Waals surface area (Å²) in [4.78, 5) is 11.0. The molecule has 0 spiro atoms. The summed E-state index contributed by atoms with van der Waals surface area (Å²) >= 11 is 5.88. The van der Waals surface area contributed by atoms with Gasteiger partial charge in [0.2, 0.25) is 10.0 Å². The molecule has 0 saturated carbocycles. The van der Waals surface area contributed by atoms with E-state index in [0.717, 1.165) is 19.3 Å². The van der Waals surface area contributed by atoms with Crippen LogP contribution in [0.3, 0.4) is 0 Å². The highest BCUT2D eigenvalue weighted by Crippen LogP contribution is 2.31. The third-order valence-electron chi connectivity index (χ3n) is 3.86. The Bertz CT molecular complexity index is 649. The summed E-state index contributed by atoms with van der Waals surface area (Å²) in [6, 6.07) is 3.61. The van der Waals surface area contributed by atoms with Gasteiger partial charge in [0, 0.05) is 12.1 Å². The monoisotopic (exact) mass is 331 g/mol. The average Bonchev–Trinajstić information content (AvgIpc) is 2.37. The van der Waals surface area contributed by atoms with Crippen LogP contribution in [0.2, 0.25) is 5.02 Å². The Morgan fingerprint density at radius 2 is 1.86 bits per heavy atom. The first-order valence-electron chi connectivity index (χ1n) is 6.81. The molecule has 1 aromatic carbocycles. The molecule has 0 amide bonds. The van der Waals surface area contributed by atoms with Gasteiger partial charge in [0.05, 0.1) is 15.5 Å². The van der Waals surface area contributed by atoms with Gasteiger partial charge < -0.3 is 5.11 Å². The van der Waals surface area contributed by atoms with E-state index in [9.17, 15) is 13.2 Å². The summed E-state index contributed by atoms with van der Waals surface area (Å²) in [7, 11) is -3.67. The van der Waals surface area contributed by atoms with Crippen LogP contribution in [0.4, 0.5) is 0 Å². The van der Waals surface area contributed by atoms with Crippen molar-refractivity contribution in [2.75, 3.05) is 0 Å². The number of benzene rings is 1. The molecule has 116 valence electrons. The summed E-state index contributed by atoms with van der Waals surface area (Å²) in [5.41, 5.74) is -0.102. The lowest BCUT2D eigenvalue weighted by molar-refractivity contribution is 0.0697. The van der Waals surface area contributed by atoms with Gasteiger partial charge in [0.25, 0.3) is 0 Å². The summed E-state index contributed by atoms with van der Waals surface area (Å²) < 4.78 is 27.0. The second-order valence-corrected chi connectivity index (χ2v) is 7.66. The topological polar surface area (TPSA) is 74.7 Å². The lowest BCUT2D eigenvalue weighted by Gasteiger charge is -2.37. The number of carbonyl (C=O) groups is 1. The SMILES string of the molecule is CC1CCCC(C)N1S(=O)(=O)c1ccc(C(=O)O)c(Cl)c1. The minimum atomic E-state index is -3.67. The van der Waals surface area contributed by atoms with Crippen molar-refractivity contribution in [2.45, 2.75) is 50.1 Å². The van der Waals surface area contributed by atoms with Gasteiger partial charge in [-0.15, -0.1) is 0 Å². The molecule has 1 heterocycles. The maximum Gasteiger partial charge on any atom is 0.337 e. The molecular weight excluding hydrogens is 314 g/mol. The van der Waals surface area contributed by atoms with Crippen LogP contribution in [0, 0.1) is 0 Å². The van der Waals surface area contributed by atoms with E-state index in [0.29, 0.717) is 0 Å². The molecule has 1 aromatic rings. The van der Waals surface area contributed by atoms with Crippen LogP contribution < -0.4 is 0 Å². The molecule has 1 fully saturated rings. The Kier molecular flexibility index (Phi) is 4.60. The molecule has 1 aliphatic heterocycles. The fourth-order valence-electron chi connectivity index (χ4n) is 2.82. The Morgan fingerprint density at radius 3 is 2.33 bits per heavy atom. The van der Waals surface area contributed by atoms with E-state index in [1.54, 1.807) is 0 Å². The second-order valence-electron chi connectivity index (χ2n) is 5.41. The normalized spacial score (nSPS) is 24.0. The Hall–Kier alpha value is -1.11. The first-order chi connectivity index (χ1) is 9.75. The number of hydrogen-bond donors (Lipinski definition) is 1. The molecule has 7 heteroatoms. The highest BCUT2D eigenvalue weighted by molar-refractivity contribution is 7.89. The van der Waals surface area contributed by atoms with Crippen LogP contribution in [-0.2, 0) is 10.0 Å². The van der Waals surface area contributed by atoms with E-state index in [-0.39, 0.29) is 27.6 Å². The largest absolute Gasteiger partial charge is 0.478 e. The molecule has 2 rings (SSSR count). The van der Waals surface area contributed by atoms with E-state index in [2.05, 4.69) is 0 Å². The number of carboxylic acid groups (broad SMARTS) is 1. The Morgan fingerprint density at radius 1 is 1.29 bits per heavy atom. The number of hydrogen-bond acceptors (Lipinski definition) is 3. The van der Waals surface area contributed by atoms with E-state index < -0.39 is 16.0 Å². The van der Waals surface area contributed by atoms with Crippen molar-refractivity contribution in [2.24, 2.45) is 0 Å².